The normalized spacial score (nSPS) is 18.3. The van der Waals surface area contributed by atoms with Crippen LogP contribution in [0.5, 0.6) is 0 Å². The minimum absolute atomic E-state index is 0. The van der Waals surface area contributed by atoms with Crippen molar-refractivity contribution in [1.82, 2.24) is 4.98 Å². The number of hydrogen-bond donors (Lipinski definition) is 0. The van der Waals surface area contributed by atoms with Gasteiger partial charge in [0, 0.05) is 24.6 Å². The summed E-state index contributed by atoms with van der Waals surface area (Å²) in [4.78, 5) is 27.5. The Hall–Kier alpha value is -3.53. The number of pyridine rings is 1. The molecule has 0 radical (unpaired) electrons. The second-order valence-corrected chi connectivity index (χ2v) is 12.4. The van der Waals surface area contributed by atoms with E-state index in [2.05, 4.69) is 43.8 Å². The number of anilines is 1. The van der Waals surface area contributed by atoms with Gasteiger partial charge in [-0.05, 0) is 96.7 Å². The average Bonchev–Trinajstić information content (AvgIpc) is 3.21. The molecule has 2 aliphatic carbocycles. The van der Waals surface area contributed by atoms with E-state index < -0.39 is 0 Å². The number of benzene rings is 2. The second-order valence-electron chi connectivity index (χ2n) is 12.4. The Morgan fingerprint density at radius 1 is 0.830 bits per heavy atom. The predicted octanol–water partition coefficient (Wildman–Crippen LogP) is 11.7. The maximum Gasteiger partial charge on any atom is 0.258 e. The third-order valence-electron chi connectivity index (χ3n) is 9.92. The molecule has 2 aromatic carbocycles. The zero-order chi connectivity index (χ0) is 32.9. The average molecular weight is 641 g/mol. The summed E-state index contributed by atoms with van der Waals surface area (Å²) in [6.45, 7) is 16.7. The van der Waals surface area contributed by atoms with Gasteiger partial charge >= 0.3 is 0 Å². The molecule has 1 amide bonds. The van der Waals surface area contributed by atoms with Gasteiger partial charge in [-0.15, -0.1) is 0 Å². The van der Waals surface area contributed by atoms with Gasteiger partial charge in [0.15, 0.2) is 0 Å². The molecule has 3 aromatic rings. The highest BCUT2D eigenvalue weighted by atomic mass is 16.2. The van der Waals surface area contributed by atoms with E-state index in [1.165, 1.54) is 75.3 Å². The first-order chi connectivity index (χ1) is 22.0. The highest BCUT2D eigenvalue weighted by molar-refractivity contribution is 6.08. The molecule has 258 valence electrons. The SMILES string of the molecule is C.C.C=C(c1cc2c(cn1)N(C)C(=O)c1ccccc1C2)c1ccc(CC2CCC(C3CCCCC3)CC2)cc1C.C=O.CC.CC. The quantitative estimate of drug-likeness (QED) is 0.279. The van der Waals surface area contributed by atoms with Gasteiger partial charge in [0.25, 0.3) is 5.91 Å². The van der Waals surface area contributed by atoms with Gasteiger partial charge in [-0.25, -0.2) is 0 Å². The van der Waals surface area contributed by atoms with Crippen LogP contribution in [0.25, 0.3) is 5.57 Å². The third-order valence-corrected chi connectivity index (χ3v) is 9.92. The van der Waals surface area contributed by atoms with Crippen molar-refractivity contribution in [2.24, 2.45) is 17.8 Å². The molecule has 1 aliphatic heterocycles. The van der Waals surface area contributed by atoms with Gasteiger partial charge in [0.05, 0.1) is 17.6 Å². The maximum absolute atomic E-state index is 13.0. The number of aryl methyl sites for hydroxylation is 1. The summed E-state index contributed by atoms with van der Waals surface area (Å²) in [6.07, 6.45) is 16.8. The first kappa shape index (κ1) is 41.5. The molecule has 0 saturated heterocycles. The molecule has 4 nitrogen and oxygen atoms in total. The predicted molar refractivity (Wildman–Crippen MR) is 205 cm³/mol. The number of carbonyl (C=O) groups excluding carboxylic acids is 2. The summed E-state index contributed by atoms with van der Waals surface area (Å²) in [7, 11) is 1.84. The van der Waals surface area contributed by atoms with Crippen LogP contribution < -0.4 is 4.90 Å². The lowest BCUT2D eigenvalue weighted by atomic mass is 9.70. The van der Waals surface area contributed by atoms with Crippen molar-refractivity contribution in [3.05, 3.63) is 100 Å². The third kappa shape index (κ3) is 9.98. The largest absolute Gasteiger partial charge is 0.310 e. The van der Waals surface area contributed by atoms with E-state index in [1.807, 2.05) is 65.9 Å². The lowest BCUT2D eigenvalue weighted by molar-refractivity contribution is -0.0980. The van der Waals surface area contributed by atoms with E-state index in [4.69, 9.17) is 9.78 Å². The van der Waals surface area contributed by atoms with Crippen LogP contribution >= 0.6 is 0 Å². The molecule has 3 aliphatic rings. The summed E-state index contributed by atoms with van der Waals surface area (Å²) >= 11 is 0. The summed E-state index contributed by atoms with van der Waals surface area (Å²) in [5, 5.41) is 0. The van der Waals surface area contributed by atoms with Crippen molar-refractivity contribution in [2.75, 3.05) is 11.9 Å². The van der Waals surface area contributed by atoms with Crippen LogP contribution in [0.3, 0.4) is 0 Å². The molecule has 6 rings (SSSR count). The molecule has 0 bridgehead atoms. The second kappa shape index (κ2) is 20.7. The molecule has 0 N–H and O–H groups in total. The zero-order valence-electron chi connectivity index (χ0n) is 28.8. The van der Waals surface area contributed by atoms with Crippen molar-refractivity contribution >= 4 is 24.0 Å². The zero-order valence-corrected chi connectivity index (χ0v) is 28.8. The van der Waals surface area contributed by atoms with Crippen LogP contribution in [0.1, 0.15) is 144 Å². The first-order valence-corrected chi connectivity index (χ1v) is 17.4. The number of aromatic nitrogens is 1. The molecule has 0 atom stereocenters. The minimum Gasteiger partial charge on any atom is -0.310 e. The van der Waals surface area contributed by atoms with Gasteiger partial charge in [0.1, 0.15) is 6.79 Å². The maximum atomic E-state index is 13.0. The Morgan fingerprint density at radius 3 is 2.09 bits per heavy atom. The summed E-state index contributed by atoms with van der Waals surface area (Å²) in [5.74, 6) is 2.86. The lowest BCUT2D eigenvalue weighted by Crippen LogP contribution is -2.26. The van der Waals surface area contributed by atoms with Gasteiger partial charge < -0.3 is 9.69 Å². The highest BCUT2D eigenvalue weighted by Gasteiger charge is 2.29. The molecule has 2 heterocycles. The van der Waals surface area contributed by atoms with E-state index >= 15 is 0 Å². The van der Waals surface area contributed by atoms with Gasteiger partial charge in [-0.1, -0.05) is 118 Å². The fourth-order valence-electron chi connectivity index (χ4n) is 7.61. The number of hydrogen-bond acceptors (Lipinski definition) is 3. The number of rotatable bonds is 5. The lowest BCUT2D eigenvalue weighted by Gasteiger charge is -2.36. The van der Waals surface area contributed by atoms with Gasteiger partial charge in [0.2, 0.25) is 0 Å². The van der Waals surface area contributed by atoms with Crippen LogP contribution in [-0.2, 0) is 17.6 Å². The van der Waals surface area contributed by atoms with Crippen LogP contribution in [0, 0.1) is 24.7 Å². The van der Waals surface area contributed by atoms with Gasteiger partial charge in [-0.3, -0.25) is 9.78 Å². The molecule has 2 fully saturated rings. The van der Waals surface area contributed by atoms with Crippen LogP contribution in [-0.4, -0.2) is 24.7 Å². The van der Waals surface area contributed by atoms with Crippen LogP contribution in [0.15, 0.2) is 61.3 Å². The highest BCUT2D eigenvalue weighted by Crippen LogP contribution is 2.41. The van der Waals surface area contributed by atoms with Crippen molar-refractivity contribution in [2.45, 2.75) is 120 Å². The Morgan fingerprint density at radius 2 is 1.45 bits per heavy atom. The molecule has 4 heteroatoms. The van der Waals surface area contributed by atoms with E-state index in [0.29, 0.717) is 6.42 Å². The molecule has 0 spiro atoms. The Balaban J connectivity index is 0.00000131. The van der Waals surface area contributed by atoms with E-state index in [9.17, 15) is 4.79 Å². The fraction of sp³-hybridized carbons (Fsp3) is 0.512. The monoisotopic (exact) mass is 640 g/mol. The van der Waals surface area contributed by atoms with E-state index in [1.54, 1.807) is 4.90 Å². The molecular weight excluding hydrogens is 576 g/mol. The Labute approximate surface area is 288 Å². The standard InChI is InChI=1S/C36H42N2O.2C2H6.CH2O.2CH4/c1-24-19-27(20-26-13-16-29(17-14-26)28-9-5-4-6-10-28)15-18-32(24)25(2)34-22-31-21-30-11-7-8-12-33(30)36(39)38(3)35(31)23-37-34;3*1-2;;/h7-8,11-12,15,18-19,22-23,26,28-29H,2,4-6,9-10,13-14,16-17,20-21H2,1,3H3;2*1-2H3;1H2;2*1H4. The summed E-state index contributed by atoms with van der Waals surface area (Å²) in [6, 6.07) is 17.0. The fourth-order valence-corrected chi connectivity index (χ4v) is 7.61. The van der Waals surface area contributed by atoms with Crippen molar-refractivity contribution in [1.29, 1.82) is 0 Å². The summed E-state index contributed by atoms with van der Waals surface area (Å²) < 4.78 is 0. The first-order valence-electron chi connectivity index (χ1n) is 17.4. The van der Waals surface area contributed by atoms with E-state index in [0.717, 1.165) is 57.0 Å². The number of fused-ring (bicyclic) bond motifs is 2. The smallest absolute Gasteiger partial charge is 0.258 e. The minimum atomic E-state index is 0. The number of carbonyl (C=O) groups is 2. The number of amides is 1. The topological polar surface area (TPSA) is 50.3 Å². The number of nitrogens with zero attached hydrogens (tertiary/aromatic N) is 2. The van der Waals surface area contributed by atoms with Crippen molar-refractivity contribution in [3.63, 3.8) is 0 Å². The van der Waals surface area contributed by atoms with Crippen molar-refractivity contribution in [3.8, 4) is 0 Å². The molecule has 1 aromatic heterocycles. The molecule has 47 heavy (non-hydrogen) atoms. The molecular formula is C43H64N2O2. The van der Waals surface area contributed by atoms with Crippen LogP contribution in [0.2, 0.25) is 0 Å². The molecule has 0 unspecified atom stereocenters. The van der Waals surface area contributed by atoms with Crippen molar-refractivity contribution < 1.29 is 9.59 Å². The van der Waals surface area contributed by atoms with Crippen LogP contribution in [0.4, 0.5) is 5.69 Å². The Bertz CT molecular complexity index is 1400. The molecule has 2 saturated carbocycles. The summed E-state index contributed by atoms with van der Waals surface area (Å²) in [5.41, 5.74) is 9.52. The Kier molecular flexibility index (Phi) is 18.2. The van der Waals surface area contributed by atoms with Gasteiger partial charge in [-0.2, -0.15) is 0 Å². The van der Waals surface area contributed by atoms with E-state index in [-0.39, 0.29) is 20.8 Å².